The van der Waals surface area contributed by atoms with Crippen LogP contribution in [0, 0.1) is 5.92 Å². The summed E-state index contributed by atoms with van der Waals surface area (Å²) in [6.07, 6.45) is 0. The van der Waals surface area contributed by atoms with Crippen LogP contribution in [0.3, 0.4) is 0 Å². The summed E-state index contributed by atoms with van der Waals surface area (Å²) in [6.45, 7) is 3.71. The number of aliphatic carboxylic acids is 1. The lowest BCUT2D eigenvalue weighted by Crippen LogP contribution is -2.34. The highest BCUT2D eigenvalue weighted by atomic mass is 79.9. The van der Waals surface area contributed by atoms with Gasteiger partial charge in [-0.05, 0) is 43.8 Å². The van der Waals surface area contributed by atoms with Gasteiger partial charge in [-0.15, -0.1) is 0 Å². The van der Waals surface area contributed by atoms with E-state index in [0.717, 1.165) is 8.95 Å². The van der Waals surface area contributed by atoms with Gasteiger partial charge in [0.1, 0.15) is 11.8 Å². The summed E-state index contributed by atoms with van der Waals surface area (Å²) in [4.78, 5) is 11.2. The molecule has 1 atom stereocenters. The number of rotatable bonds is 5. The second-order valence-corrected chi connectivity index (χ2v) is 5.88. The Labute approximate surface area is 123 Å². The Hall–Kier alpha value is -0.750. The zero-order valence-electron chi connectivity index (χ0n) is 10.3. The Morgan fingerprint density at radius 3 is 2.39 bits per heavy atom. The fraction of sp³-hybridized carbons (Fsp3) is 0.417. The first-order valence-electron chi connectivity index (χ1n) is 5.39. The van der Waals surface area contributed by atoms with Crippen LogP contribution in [0.5, 0.6) is 5.75 Å². The maximum absolute atomic E-state index is 11.2. The first-order chi connectivity index (χ1) is 8.36. The third-order valence-electron chi connectivity index (χ3n) is 2.49. The Kier molecular flexibility index (Phi) is 5.47. The van der Waals surface area contributed by atoms with Gasteiger partial charge in [0, 0.05) is 10.5 Å². The SMILES string of the molecule is COc1cc(NC(C(=O)O)C(C)C)c(Br)cc1Br. The third kappa shape index (κ3) is 3.62. The zero-order valence-corrected chi connectivity index (χ0v) is 13.5. The summed E-state index contributed by atoms with van der Waals surface area (Å²) in [5.74, 6) is -0.253. The lowest BCUT2D eigenvalue weighted by atomic mass is 10.0. The summed E-state index contributed by atoms with van der Waals surface area (Å²) in [6, 6.07) is 2.93. The van der Waals surface area contributed by atoms with Crippen molar-refractivity contribution in [1.29, 1.82) is 0 Å². The largest absolute Gasteiger partial charge is 0.495 e. The fourth-order valence-electron chi connectivity index (χ4n) is 1.48. The second-order valence-electron chi connectivity index (χ2n) is 4.17. The molecule has 1 rings (SSSR count). The van der Waals surface area contributed by atoms with E-state index in [1.165, 1.54) is 0 Å². The number of anilines is 1. The monoisotopic (exact) mass is 379 g/mol. The van der Waals surface area contributed by atoms with Crippen LogP contribution in [-0.2, 0) is 4.79 Å². The molecule has 0 radical (unpaired) electrons. The molecule has 1 unspecified atom stereocenters. The highest BCUT2D eigenvalue weighted by molar-refractivity contribution is 9.11. The van der Waals surface area contributed by atoms with Crippen molar-refractivity contribution in [3.63, 3.8) is 0 Å². The van der Waals surface area contributed by atoms with Crippen LogP contribution in [0.25, 0.3) is 0 Å². The number of ether oxygens (including phenoxy) is 1. The van der Waals surface area contributed by atoms with Gasteiger partial charge in [-0.3, -0.25) is 0 Å². The Morgan fingerprint density at radius 1 is 1.33 bits per heavy atom. The maximum Gasteiger partial charge on any atom is 0.326 e. The van der Waals surface area contributed by atoms with Crippen molar-refractivity contribution in [2.75, 3.05) is 12.4 Å². The van der Waals surface area contributed by atoms with E-state index in [4.69, 9.17) is 9.84 Å². The summed E-state index contributed by atoms with van der Waals surface area (Å²) >= 11 is 6.76. The number of hydrogen-bond donors (Lipinski definition) is 2. The number of carboxylic acids is 1. The first-order valence-corrected chi connectivity index (χ1v) is 6.97. The highest BCUT2D eigenvalue weighted by Gasteiger charge is 2.22. The van der Waals surface area contributed by atoms with Crippen molar-refractivity contribution in [3.8, 4) is 5.75 Å². The summed E-state index contributed by atoms with van der Waals surface area (Å²) in [5, 5.41) is 12.2. The molecule has 0 heterocycles. The zero-order chi connectivity index (χ0) is 13.9. The molecule has 0 spiro atoms. The van der Waals surface area contributed by atoms with Crippen LogP contribution in [-0.4, -0.2) is 24.2 Å². The van der Waals surface area contributed by atoms with Gasteiger partial charge in [0.15, 0.2) is 0 Å². The average Bonchev–Trinajstić information content (AvgIpc) is 2.26. The predicted molar refractivity (Wildman–Crippen MR) is 78.3 cm³/mol. The number of methoxy groups -OCH3 is 1. The normalized spacial score (nSPS) is 12.3. The summed E-state index contributed by atoms with van der Waals surface area (Å²) < 4.78 is 6.77. The van der Waals surface area contributed by atoms with E-state index in [9.17, 15) is 4.79 Å². The molecule has 100 valence electrons. The number of carbonyl (C=O) groups is 1. The molecule has 6 heteroatoms. The van der Waals surface area contributed by atoms with Crippen LogP contribution >= 0.6 is 31.9 Å². The molecule has 2 N–H and O–H groups in total. The molecule has 0 saturated carbocycles. The molecule has 0 bridgehead atoms. The van der Waals surface area contributed by atoms with E-state index < -0.39 is 12.0 Å². The predicted octanol–water partition coefficient (Wildman–Crippen LogP) is 3.74. The van der Waals surface area contributed by atoms with Crippen molar-refractivity contribution in [2.45, 2.75) is 19.9 Å². The van der Waals surface area contributed by atoms with Crippen LogP contribution in [0.1, 0.15) is 13.8 Å². The third-order valence-corrected chi connectivity index (χ3v) is 3.76. The van der Waals surface area contributed by atoms with E-state index in [-0.39, 0.29) is 5.92 Å². The minimum Gasteiger partial charge on any atom is -0.495 e. The molecule has 4 nitrogen and oxygen atoms in total. The molecule has 0 fully saturated rings. The lowest BCUT2D eigenvalue weighted by Gasteiger charge is -2.20. The van der Waals surface area contributed by atoms with Gasteiger partial charge in [0.25, 0.3) is 0 Å². The van der Waals surface area contributed by atoms with Crippen LogP contribution in [0.4, 0.5) is 5.69 Å². The van der Waals surface area contributed by atoms with Gasteiger partial charge in [0.05, 0.1) is 17.3 Å². The molecule has 0 amide bonds. The van der Waals surface area contributed by atoms with Gasteiger partial charge in [-0.2, -0.15) is 0 Å². The molecule has 0 aromatic heterocycles. The minimum atomic E-state index is -0.876. The van der Waals surface area contributed by atoms with Crippen LogP contribution in [0.15, 0.2) is 21.1 Å². The van der Waals surface area contributed by atoms with Gasteiger partial charge < -0.3 is 15.2 Å². The number of nitrogens with one attached hydrogen (secondary N) is 1. The van der Waals surface area contributed by atoms with Crippen molar-refractivity contribution in [1.82, 2.24) is 0 Å². The molecule has 1 aromatic rings. The number of carboxylic acid groups (broad SMARTS) is 1. The summed E-state index contributed by atoms with van der Waals surface area (Å²) in [7, 11) is 1.56. The molecular formula is C12H15Br2NO3. The quantitative estimate of drug-likeness (QED) is 0.816. The first kappa shape index (κ1) is 15.3. The molecule has 0 aliphatic rings. The van der Waals surface area contributed by atoms with E-state index in [1.54, 1.807) is 13.2 Å². The Bertz CT molecular complexity index is 449. The fourth-order valence-corrected chi connectivity index (χ4v) is 2.75. The molecular weight excluding hydrogens is 366 g/mol. The number of hydrogen-bond acceptors (Lipinski definition) is 3. The van der Waals surface area contributed by atoms with Gasteiger partial charge in [-0.25, -0.2) is 4.79 Å². The average molecular weight is 381 g/mol. The van der Waals surface area contributed by atoms with Gasteiger partial charge in [0.2, 0.25) is 0 Å². The van der Waals surface area contributed by atoms with E-state index in [1.807, 2.05) is 19.9 Å². The van der Waals surface area contributed by atoms with Crippen LogP contribution in [0.2, 0.25) is 0 Å². The standard InChI is InChI=1S/C12H15Br2NO3/c1-6(2)11(12(16)17)15-9-5-10(18-3)8(14)4-7(9)13/h4-6,11,15H,1-3H3,(H,16,17). The smallest absolute Gasteiger partial charge is 0.326 e. The Morgan fingerprint density at radius 2 is 1.94 bits per heavy atom. The van der Waals surface area contributed by atoms with Crippen molar-refractivity contribution < 1.29 is 14.6 Å². The molecule has 0 saturated heterocycles. The molecule has 0 aliphatic heterocycles. The van der Waals surface area contributed by atoms with Crippen molar-refractivity contribution in [3.05, 3.63) is 21.1 Å². The molecule has 18 heavy (non-hydrogen) atoms. The summed E-state index contributed by atoms with van der Waals surface area (Å²) in [5.41, 5.74) is 0.691. The number of benzene rings is 1. The van der Waals surface area contributed by atoms with E-state index in [0.29, 0.717) is 11.4 Å². The van der Waals surface area contributed by atoms with Gasteiger partial charge in [-0.1, -0.05) is 13.8 Å². The van der Waals surface area contributed by atoms with E-state index >= 15 is 0 Å². The van der Waals surface area contributed by atoms with Crippen LogP contribution < -0.4 is 10.1 Å². The van der Waals surface area contributed by atoms with Crippen molar-refractivity contribution in [2.24, 2.45) is 5.92 Å². The maximum atomic E-state index is 11.2. The van der Waals surface area contributed by atoms with Crippen molar-refractivity contribution >= 4 is 43.5 Å². The Balaban J connectivity index is 3.06. The second kappa shape index (κ2) is 6.43. The van der Waals surface area contributed by atoms with Gasteiger partial charge >= 0.3 is 5.97 Å². The van der Waals surface area contributed by atoms with E-state index in [2.05, 4.69) is 37.2 Å². The molecule has 1 aromatic carbocycles. The molecule has 0 aliphatic carbocycles. The number of halogens is 2. The topological polar surface area (TPSA) is 58.6 Å². The lowest BCUT2D eigenvalue weighted by molar-refractivity contribution is -0.138. The highest BCUT2D eigenvalue weighted by Crippen LogP contribution is 2.35. The minimum absolute atomic E-state index is 0.0240.